The number of hydrogen-bond donors (Lipinski definition) is 3. The van der Waals surface area contributed by atoms with E-state index in [4.69, 9.17) is 4.74 Å². The lowest BCUT2D eigenvalue weighted by molar-refractivity contribution is -0.197. The van der Waals surface area contributed by atoms with E-state index in [1.807, 2.05) is 6.92 Å². The van der Waals surface area contributed by atoms with Gasteiger partial charge in [-0.3, -0.25) is 0 Å². The van der Waals surface area contributed by atoms with Crippen LogP contribution in [0.5, 0.6) is 0 Å². The number of aliphatic hydroxyl groups excluding tert-OH is 3. The van der Waals surface area contributed by atoms with Crippen LogP contribution in [0, 0.1) is 0 Å². The molecule has 78 valence electrons. The van der Waals surface area contributed by atoms with Crippen molar-refractivity contribution in [1.82, 2.24) is 0 Å². The molecule has 0 aromatic heterocycles. The summed E-state index contributed by atoms with van der Waals surface area (Å²) >= 11 is 1.34. The lowest BCUT2D eigenvalue weighted by Gasteiger charge is -2.39. The van der Waals surface area contributed by atoms with E-state index in [1.165, 1.54) is 11.8 Å². The second kappa shape index (κ2) is 4.61. The summed E-state index contributed by atoms with van der Waals surface area (Å²) in [6.45, 7) is 1.87. The van der Waals surface area contributed by atoms with Gasteiger partial charge in [0.25, 0.3) is 0 Å². The molecule has 1 rings (SSSR count). The molecule has 4 nitrogen and oxygen atoms in total. The molecule has 0 aromatic rings. The average Bonchev–Trinajstić information content (AvgIpc) is 2.15. The predicted molar refractivity (Wildman–Crippen MR) is 50.5 cm³/mol. The van der Waals surface area contributed by atoms with Crippen molar-refractivity contribution >= 4 is 11.8 Å². The first kappa shape index (κ1) is 11.3. The largest absolute Gasteiger partial charge is 0.388 e. The quantitative estimate of drug-likeness (QED) is 0.574. The second-order valence-corrected chi connectivity index (χ2v) is 4.09. The summed E-state index contributed by atoms with van der Waals surface area (Å²) in [6.07, 6.45) is -1.05. The van der Waals surface area contributed by atoms with E-state index in [-0.39, 0.29) is 6.10 Å². The summed E-state index contributed by atoms with van der Waals surface area (Å²) in [6, 6.07) is 0. The van der Waals surface area contributed by atoms with Gasteiger partial charge in [0, 0.05) is 0 Å². The zero-order valence-electron chi connectivity index (χ0n) is 7.75. The molecule has 1 aliphatic heterocycles. The van der Waals surface area contributed by atoms with Crippen LogP contribution in [0.15, 0.2) is 0 Å². The van der Waals surface area contributed by atoms with Gasteiger partial charge in [0.1, 0.15) is 23.7 Å². The van der Waals surface area contributed by atoms with Crippen LogP contribution in [-0.4, -0.2) is 51.4 Å². The topological polar surface area (TPSA) is 69.9 Å². The molecule has 0 bridgehead atoms. The van der Waals surface area contributed by atoms with Crippen LogP contribution in [0.2, 0.25) is 0 Å². The summed E-state index contributed by atoms with van der Waals surface area (Å²) in [7, 11) is 0. The Kier molecular flexibility index (Phi) is 4.00. The Labute approximate surface area is 81.9 Å². The monoisotopic (exact) mass is 208 g/mol. The number of rotatable bonds is 2. The number of ether oxygens (including phenoxy) is 1. The highest BCUT2D eigenvalue weighted by atomic mass is 32.2. The summed E-state index contributed by atoms with van der Waals surface area (Å²) in [5, 5.41) is 28.4. The van der Waals surface area contributed by atoms with E-state index in [2.05, 4.69) is 0 Å². The van der Waals surface area contributed by atoms with E-state index >= 15 is 0 Å². The van der Waals surface area contributed by atoms with E-state index in [1.54, 1.807) is 6.26 Å². The van der Waals surface area contributed by atoms with Crippen LogP contribution in [0.1, 0.15) is 13.3 Å². The third kappa shape index (κ3) is 2.16. The smallest absolute Gasteiger partial charge is 0.132 e. The van der Waals surface area contributed by atoms with Gasteiger partial charge in [0.15, 0.2) is 0 Å². The third-order valence-corrected chi connectivity index (χ3v) is 3.16. The van der Waals surface area contributed by atoms with Crippen LogP contribution in [0.4, 0.5) is 0 Å². The Morgan fingerprint density at radius 1 is 1.15 bits per heavy atom. The maximum Gasteiger partial charge on any atom is 0.132 e. The van der Waals surface area contributed by atoms with Gasteiger partial charge in [-0.15, -0.1) is 11.8 Å². The van der Waals surface area contributed by atoms with Crippen molar-refractivity contribution in [2.75, 3.05) is 6.26 Å². The average molecular weight is 208 g/mol. The Balaban J connectivity index is 2.66. The minimum Gasteiger partial charge on any atom is -0.388 e. The van der Waals surface area contributed by atoms with Gasteiger partial charge in [-0.25, -0.2) is 0 Å². The molecule has 1 aliphatic rings. The van der Waals surface area contributed by atoms with Crippen LogP contribution in [0.3, 0.4) is 0 Å². The molecule has 3 N–H and O–H groups in total. The van der Waals surface area contributed by atoms with E-state index in [9.17, 15) is 15.3 Å². The van der Waals surface area contributed by atoms with E-state index in [0.29, 0.717) is 6.42 Å². The lowest BCUT2D eigenvalue weighted by atomic mass is 9.98. The van der Waals surface area contributed by atoms with Crippen molar-refractivity contribution in [3.8, 4) is 0 Å². The highest BCUT2D eigenvalue weighted by molar-refractivity contribution is 7.99. The molecule has 0 radical (unpaired) electrons. The molecular weight excluding hydrogens is 192 g/mol. The van der Waals surface area contributed by atoms with Gasteiger partial charge in [-0.1, -0.05) is 6.92 Å². The number of hydrogen-bond acceptors (Lipinski definition) is 5. The molecule has 5 atom stereocenters. The van der Waals surface area contributed by atoms with Crippen molar-refractivity contribution in [2.24, 2.45) is 0 Å². The Bertz CT molecular complexity index is 146. The molecule has 0 aliphatic carbocycles. The van der Waals surface area contributed by atoms with Gasteiger partial charge in [-0.2, -0.15) is 0 Å². The minimum absolute atomic E-state index is 0.379. The maximum atomic E-state index is 9.48. The second-order valence-electron chi connectivity index (χ2n) is 3.16. The SMILES string of the molecule is CC[C@@H]1O[C@H](SC)[C@@H](O)[C@H](O)[C@H]1O. The standard InChI is InChI=1S/C8H16O4S/c1-3-4-5(9)6(10)7(11)8(12-4)13-2/h4-11H,3H2,1-2H3/t4-,5-,6+,7-,8+/m0/s1. The van der Waals surface area contributed by atoms with Gasteiger partial charge >= 0.3 is 0 Å². The number of aliphatic hydroxyl groups is 3. The zero-order chi connectivity index (χ0) is 10.0. The molecule has 1 fully saturated rings. The lowest BCUT2D eigenvalue weighted by Crippen LogP contribution is -2.56. The highest BCUT2D eigenvalue weighted by Crippen LogP contribution is 2.27. The summed E-state index contributed by atoms with van der Waals surface area (Å²) in [5.74, 6) is 0. The van der Waals surface area contributed by atoms with Crippen LogP contribution >= 0.6 is 11.8 Å². The van der Waals surface area contributed by atoms with Crippen molar-refractivity contribution in [1.29, 1.82) is 0 Å². The van der Waals surface area contributed by atoms with Crippen LogP contribution in [-0.2, 0) is 4.74 Å². The van der Waals surface area contributed by atoms with Crippen molar-refractivity contribution in [3.05, 3.63) is 0 Å². The fourth-order valence-electron chi connectivity index (χ4n) is 1.45. The minimum atomic E-state index is -1.10. The van der Waals surface area contributed by atoms with Crippen molar-refractivity contribution in [3.63, 3.8) is 0 Å². The van der Waals surface area contributed by atoms with E-state index < -0.39 is 23.7 Å². The molecule has 1 heterocycles. The first-order valence-corrected chi connectivity index (χ1v) is 5.63. The molecule has 0 amide bonds. The van der Waals surface area contributed by atoms with Gasteiger partial charge in [0.2, 0.25) is 0 Å². The summed E-state index contributed by atoms with van der Waals surface area (Å²) < 4.78 is 5.38. The first-order valence-electron chi connectivity index (χ1n) is 4.34. The van der Waals surface area contributed by atoms with Gasteiger partial charge in [0.05, 0.1) is 6.10 Å². The molecule has 5 heteroatoms. The molecule has 0 saturated carbocycles. The Morgan fingerprint density at radius 3 is 2.23 bits per heavy atom. The molecule has 1 saturated heterocycles. The number of thioether (sulfide) groups is 1. The predicted octanol–water partition coefficient (Wildman–Crippen LogP) is -0.433. The maximum absolute atomic E-state index is 9.48. The molecule has 0 unspecified atom stereocenters. The fourth-order valence-corrected chi connectivity index (χ4v) is 2.14. The van der Waals surface area contributed by atoms with Crippen LogP contribution in [0.25, 0.3) is 0 Å². The normalized spacial score (nSPS) is 46.4. The highest BCUT2D eigenvalue weighted by Gasteiger charge is 2.42. The van der Waals surface area contributed by atoms with E-state index in [0.717, 1.165) is 0 Å². The Hall–Kier alpha value is 0.190. The molecular formula is C8H16O4S. The van der Waals surface area contributed by atoms with Crippen molar-refractivity contribution in [2.45, 2.75) is 43.2 Å². The molecule has 13 heavy (non-hydrogen) atoms. The Morgan fingerprint density at radius 2 is 1.77 bits per heavy atom. The molecule has 0 aromatic carbocycles. The van der Waals surface area contributed by atoms with Gasteiger partial charge in [-0.05, 0) is 12.7 Å². The summed E-state index contributed by atoms with van der Waals surface area (Å²) in [5.41, 5.74) is -0.441. The summed E-state index contributed by atoms with van der Waals surface area (Å²) in [4.78, 5) is 0. The fraction of sp³-hybridized carbons (Fsp3) is 1.00. The first-order chi connectivity index (χ1) is 6.11. The molecule has 0 spiro atoms. The third-order valence-electron chi connectivity index (χ3n) is 2.30. The van der Waals surface area contributed by atoms with Gasteiger partial charge < -0.3 is 20.1 Å². The zero-order valence-corrected chi connectivity index (χ0v) is 8.57. The van der Waals surface area contributed by atoms with Crippen LogP contribution < -0.4 is 0 Å². The van der Waals surface area contributed by atoms with Crippen molar-refractivity contribution < 1.29 is 20.1 Å².